The number of methoxy groups -OCH3 is 1. The van der Waals surface area contributed by atoms with Gasteiger partial charge in [-0.15, -0.1) is 0 Å². The highest BCUT2D eigenvalue weighted by Crippen LogP contribution is 2.09. The maximum absolute atomic E-state index is 11.4. The van der Waals surface area contributed by atoms with Crippen molar-refractivity contribution in [3.8, 4) is 0 Å². The number of esters is 2. The molecule has 0 atom stereocenters. The zero-order valence-corrected chi connectivity index (χ0v) is 10.7. The third kappa shape index (κ3) is 7.32. The number of carbonyl (C=O) groups excluding carboxylic acids is 3. The molecule has 0 spiro atoms. The van der Waals surface area contributed by atoms with E-state index >= 15 is 0 Å². The Morgan fingerprint density at radius 3 is 2.24 bits per heavy atom. The maximum Gasteiger partial charge on any atom is 0.315 e. The van der Waals surface area contributed by atoms with Crippen molar-refractivity contribution in [3.63, 3.8) is 0 Å². The van der Waals surface area contributed by atoms with Gasteiger partial charge in [-0.05, 0) is 20.8 Å². The average molecular weight is 245 g/mol. The van der Waals surface area contributed by atoms with Crippen molar-refractivity contribution in [2.45, 2.75) is 39.2 Å². The highest BCUT2D eigenvalue weighted by molar-refractivity contribution is 5.94. The molecule has 1 amide bonds. The number of carbonyl (C=O) groups is 3. The van der Waals surface area contributed by atoms with Gasteiger partial charge >= 0.3 is 11.9 Å². The van der Waals surface area contributed by atoms with Gasteiger partial charge in [0.15, 0.2) is 0 Å². The molecule has 0 unspecified atom stereocenters. The predicted molar refractivity (Wildman–Crippen MR) is 60.1 cm³/mol. The third-order valence-corrected chi connectivity index (χ3v) is 1.90. The summed E-state index contributed by atoms with van der Waals surface area (Å²) in [7, 11) is 1.28. The molecule has 6 nitrogen and oxygen atoms in total. The monoisotopic (exact) mass is 245 g/mol. The first-order valence-electron chi connectivity index (χ1n) is 5.34. The number of amides is 1. The molecule has 17 heavy (non-hydrogen) atoms. The fourth-order valence-corrected chi connectivity index (χ4v) is 1.24. The van der Waals surface area contributed by atoms with Crippen molar-refractivity contribution in [2.24, 2.45) is 0 Å². The molecule has 0 aliphatic rings. The molecule has 0 aliphatic heterocycles. The van der Waals surface area contributed by atoms with Crippen LogP contribution in [0.3, 0.4) is 0 Å². The van der Waals surface area contributed by atoms with Crippen LogP contribution in [-0.2, 0) is 23.9 Å². The van der Waals surface area contributed by atoms with E-state index in [1.165, 1.54) is 7.11 Å². The summed E-state index contributed by atoms with van der Waals surface area (Å²) in [6, 6.07) is 0. The van der Waals surface area contributed by atoms with Crippen molar-refractivity contribution in [1.29, 1.82) is 0 Å². The molecule has 0 aliphatic carbocycles. The molecule has 0 aromatic carbocycles. The van der Waals surface area contributed by atoms with Crippen LogP contribution in [0.15, 0.2) is 0 Å². The Balaban J connectivity index is 4.17. The SMILES string of the molecule is CCOC(=O)CC(=O)NC(C)(C)CC(=O)OC. The van der Waals surface area contributed by atoms with Gasteiger partial charge in [-0.1, -0.05) is 0 Å². The van der Waals surface area contributed by atoms with Crippen LogP contribution in [-0.4, -0.2) is 37.1 Å². The highest BCUT2D eigenvalue weighted by atomic mass is 16.5. The zero-order chi connectivity index (χ0) is 13.5. The Hall–Kier alpha value is -1.59. The Morgan fingerprint density at radius 1 is 1.18 bits per heavy atom. The summed E-state index contributed by atoms with van der Waals surface area (Å²) in [6.07, 6.45) is -0.309. The topological polar surface area (TPSA) is 81.7 Å². The van der Waals surface area contributed by atoms with E-state index < -0.39 is 23.4 Å². The van der Waals surface area contributed by atoms with Crippen molar-refractivity contribution in [3.05, 3.63) is 0 Å². The molecule has 98 valence electrons. The largest absolute Gasteiger partial charge is 0.469 e. The van der Waals surface area contributed by atoms with Crippen LogP contribution in [0.1, 0.15) is 33.6 Å². The highest BCUT2D eigenvalue weighted by Gasteiger charge is 2.25. The van der Waals surface area contributed by atoms with Gasteiger partial charge in [0.25, 0.3) is 0 Å². The van der Waals surface area contributed by atoms with Gasteiger partial charge in [-0.25, -0.2) is 0 Å². The smallest absolute Gasteiger partial charge is 0.315 e. The van der Waals surface area contributed by atoms with Crippen molar-refractivity contribution in [1.82, 2.24) is 5.32 Å². The van der Waals surface area contributed by atoms with Crippen LogP contribution in [0.5, 0.6) is 0 Å². The van der Waals surface area contributed by atoms with E-state index in [2.05, 4.69) is 14.8 Å². The standard InChI is InChI=1S/C11H19NO5/c1-5-17-9(14)6-8(13)12-11(2,3)7-10(15)16-4/h5-7H2,1-4H3,(H,12,13). The molecular weight excluding hydrogens is 226 g/mol. The lowest BCUT2D eigenvalue weighted by atomic mass is 10.0. The first-order chi connectivity index (χ1) is 7.80. The van der Waals surface area contributed by atoms with Gasteiger partial charge in [-0.2, -0.15) is 0 Å². The average Bonchev–Trinajstić information content (AvgIpc) is 2.15. The van der Waals surface area contributed by atoms with E-state index in [9.17, 15) is 14.4 Å². The van der Waals surface area contributed by atoms with Gasteiger partial charge in [0.2, 0.25) is 5.91 Å². The molecule has 0 rings (SSSR count). The zero-order valence-electron chi connectivity index (χ0n) is 10.7. The van der Waals surface area contributed by atoms with Gasteiger partial charge in [0, 0.05) is 5.54 Å². The van der Waals surface area contributed by atoms with Gasteiger partial charge in [0.05, 0.1) is 20.1 Å². The normalized spacial score (nSPS) is 10.6. The lowest BCUT2D eigenvalue weighted by Crippen LogP contribution is -2.45. The molecule has 0 saturated heterocycles. The van der Waals surface area contributed by atoms with E-state index in [0.29, 0.717) is 0 Å². The van der Waals surface area contributed by atoms with Crippen LogP contribution in [0.2, 0.25) is 0 Å². The van der Waals surface area contributed by atoms with Crippen LogP contribution in [0.25, 0.3) is 0 Å². The second-order valence-corrected chi connectivity index (χ2v) is 4.17. The number of ether oxygens (including phenoxy) is 2. The fourth-order valence-electron chi connectivity index (χ4n) is 1.24. The summed E-state index contributed by atoms with van der Waals surface area (Å²) in [6.45, 7) is 5.24. The molecule has 0 aromatic heterocycles. The first-order valence-corrected chi connectivity index (χ1v) is 5.34. The molecule has 0 heterocycles. The first kappa shape index (κ1) is 15.4. The molecule has 0 fully saturated rings. The number of hydrogen-bond acceptors (Lipinski definition) is 5. The summed E-state index contributed by atoms with van der Waals surface area (Å²) in [4.78, 5) is 33.6. The Labute approximate surface area is 101 Å². The summed E-state index contributed by atoms with van der Waals surface area (Å²) in [5.41, 5.74) is -0.753. The van der Waals surface area contributed by atoms with Gasteiger partial charge < -0.3 is 14.8 Å². The minimum atomic E-state index is -0.753. The van der Waals surface area contributed by atoms with Crippen molar-refractivity contribution < 1.29 is 23.9 Å². The van der Waals surface area contributed by atoms with E-state index in [0.717, 1.165) is 0 Å². The Morgan fingerprint density at radius 2 is 1.76 bits per heavy atom. The molecule has 1 N–H and O–H groups in total. The third-order valence-electron chi connectivity index (χ3n) is 1.90. The van der Waals surface area contributed by atoms with Crippen LogP contribution >= 0.6 is 0 Å². The minimum absolute atomic E-state index is 0.0397. The predicted octanol–water partition coefficient (Wildman–Crippen LogP) is 0.397. The lowest BCUT2D eigenvalue weighted by molar-refractivity contribution is -0.146. The maximum atomic E-state index is 11.4. The number of nitrogens with one attached hydrogen (secondary N) is 1. The summed E-state index contributed by atoms with van der Waals surface area (Å²) < 4.78 is 9.14. The van der Waals surface area contributed by atoms with E-state index in [1.807, 2.05) is 0 Å². The summed E-state index contributed by atoms with van der Waals surface area (Å²) in [5.74, 6) is -1.48. The Kier molecular flexibility index (Phi) is 6.23. The molecule has 0 bridgehead atoms. The fraction of sp³-hybridized carbons (Fsp3) is 0.727. The second-order valence-electron chi connectivity index (χ2n) is 4.17. The van der Waals surface area contributed by atoms with E-state index in [4.69, 9.17) is 0 Å². The van der Waals surface area contributed by atoms with Crippen LogP contribution in [0, 0.1) is 0 Å². The van der Waals surface area contributed by atoms with Crippen molar-refractivity contribution in [2.75, 3.05) is 13.7 Å². The molecular formula is C11H19NO5. The number of rotatable bonds is 6. The molecule has 0 radical (unpaired) electrons. The second kappa shape index (κ2) is 6.88. The number of hydrogen-bond donors (Lipinski definition) is 1. The molecule has 0 saturated carbocycles. The minimum Gasteiger partial charge on any atom is -0.469 e. The molecule has 0 aromatic rings. The van der Waals surface area contributed by atoms with Gasteiger partial charge in [0.1, 0.15) is 6.42 Å². The van der Waals surface area contributed by atoms with E-state index in [1.54, 1.807) is 20.8 Å². The van der Waals surface area contributed by atoms with Crippen molar-refractivity contribution >= 4 is 17.8 Å². The van der Waals surface area contributed by atoms with Gasteiger partial charge in [-0.3, -0.25) is 14.4 Å². The quantitative estimate of drug-likeness (QED) is 0.541. The summed E-state index contributed by atoms with van der Waals surface area (Å²) >= 11 is 0. The summed E-state index contributed by atoms with van der Waals surface area (Å²) in [5, 5.41) is 2.57. The van der Waals surface area contributed by atoms with Crippen LogP contribution < -0.4 is 5.32 Å². The Bertz CT molecular complexity index is 298. The van der Waals surface area contributed by atoms with Crippen LogP contribution in [0.4, 0.5) is 0 Å². The lowest BCUT2D eigenvalue weighted by Gasteiger charge is -2.24. The molecule has 6 heteroatoms. The van der Waals surface area contributed by atoms with E-state index in [-0.39, 0.29) is 19.4 Å².